The molecule has 1 N–H and O–H groups in total. The van der Waals surface area contributed by atoms with E-state index in [4.69, 9.17) is 15.0 Å². The summed E-state index contributed by atoms with van der Waals surface area (Å²) in [5.41, 5.74) is 7.58. The van der Waals surface area contributed by atoms with Crippen molar-refractivity contribution in [2.45, 2.75) is 53.4 Å². The number of rotatable bonds is 8. The molecule has 0 unspecified atom stereocenters. The van der Waals surface area contributed by atoms with Crippen molar-refractivity contribution in [3.8, 4) is 22.9 Å². The van der Waals surface area contributed by atoms with Crippen molar-refractivity contribution in [2.75, 3.05) is 24.6 Å². The number of aryl methyl sites for hydroxylation is 2. The van der Waals surface area contributed by atoms with E-state index in [0.29, 0.717) is 12.2 Å². The molecule has 2 heterocycles. The Morgan fingerprint density at radius 1 is 1.05 bits per heavy atom. The monoisotopic (exact) mass is 497 g/mol. The molecule has 2 aromatic carbocycles. The van der Waals surface area contributed by atoms with Crippen molar-refractivity contribution in [1.82, 2.24) is 4.98 Å². The Hall–Kier alpha value is -3.85. The number of ether oxygens (including phenoxy) is 1. The lowest BCUT2D eigenvalue weighted by Crippen LogP contribution is -2.38. The average molecular weight is 498 g/mol. The fourth-order valence-corrected chi connectivity index (χ4v) is 5.01. The first-order valence-corrected chi connectivity index (χ1v) is 12.9. The highest BCUT2D eigenvalue weighted by molar-refractivity contribution is 5.86. The molecule has 1 aromatic heterocycles. The fraction of sp³-hybridized carbons (Fsp3) is 0.387. The SMILES string of the molecule is Cc1nc(C)c(-c2ccc(OCCc3ccc(C#N)cc3)cc2)c(N2CCC(C)(C)CC2)c1CC(=O)O. The number of benzene rings is 2. The van der Waals surface area contributed by atoms with Crippen LogP contribution in [0.5, 0.6) is 5.75 Å². The van der Waals surface area contributed by atoms with Crippen LogP contribution in [0.25, 0.3) is 11.1 Å². The third kappa shape index (κ3) is 6.29. The second-order valence-corrected chi connectivity index (χ2v) is 10.6. The van der Waals surface area contributed by atoms with Gasteiger partial charge in [-0.1, -0.05) is 38.1 Å². The smallest absolute Gasteiger partial charge is 0.307 e. The molecule has 0 radical (unpaired) electrons. The molecular weight excluding hydrogens is 462 g/mol. The molecular formula is C31H35N3O3. The number of piperidine rings is 1. The van der Waals surface area contributed by atoms with Crippen LogP contribution < -0.4 is 9.64 Å². The topological polar surface area (TPSA) is 86.5 Å². The van der Waals surface area contributed by atoms with E-state index in [-0.39, 0.29) is 11.8 Å². The lowest BCUT2D eigenvalue weighted by molar-refractivity contribution is -0.136. The van der Waals surface area contributed by atoms with Gasteiger partial charge < -0.3 is 14.7 Å². The van der Waals surface area contributed by atoms with Gasteiger partial charge in [0.25, 0.3) is 0 Å². The molecule has 1 aliphatic rings. The molecule has 0 atom stereocenters. The molecule has 6 heteroatoms. The number of hydrogen-bond donors (Lipinski definition) is 1. The van der Waals surface area contributed by atoms with Crippen molar-refractivity contribution >= 4 is 11.7 Å². The second-order valence-electron chi connectivity index (χ2n) is 10.6. The van der Waals surface area contributed by atoms with Crippen molar-refractivity contribution in [2.24, 2.45) is 5.41 Å². The van der Waals surface area contributed by atoms with Gasteiger partial charge in [0.2, 0.25) is 0 Å². The summed E-state index contributed by atoms with van der Waals surface area (Å²) in [6, 6.07) is 17.7. The maximum atomic E-state index is 11.8. The normalized spacial score (nSPS) is 14.7. The Morgan fingerprint density at radius 2 is 1.70 bits per heavy atom. The number of carbonyl (C=O) groups is 1. The Kier molecular flexibility index (Phi) is 7.83. The predicted octanol–water partition coefficient (Wildman–Crippen LogP) is 6.11. The minimum atomic E-state index is -0.843. The van der Waals surface area contributed by atoms with E-state index < -0.39 is 5.97 Å². The lowest BCUT2D eigenvalue weighted by Gasteiger charge is -2.40. The molecule has 0 bridgehead atoms. The number of anilines is 1. The molecule has 4 rings (SSSR count). The van der Waals surface area contributed by atoms with Crippen LogP contribution in [0, 0.1) is 30.6 Å². The summed E-state index contributed by atoms with van der Waals surface area (Å²) in [6.07, 6.45) is 2.83. The van der Waals surface area contributed by atoms with E-state index in [2.05, 4.69) is 24.8 Å². The molecule has 1 aliphatic heterocycles. The number of nitriles is 1. The van der Waals surface area contributed by atoms with E-state index in [9.17, 15) is 9.90 Å². The van der Waals surface area contributed by atoms with E-state index in [1.54, 1.807) is 0 Å². The van der Waals surface area contributed by atoms with Crippen molar-refractivity contribution in [3.63, 3.8) is 0 Å². The van der Waals surface area contributed by atoms with Gasteiger partial charge in [-0.05, 0) is 67.5 Å². The Bertz CT molecular complexity index is 1300. The Balaban J connectivity index is 1.59. The standard InChI is InChI=1S/C31H35N3O3/c1-21-27(19-28(35)36)30(34-16-14-31(3,4)15-17-34)29(22(2)33-21)25-9-11-26(12-10-25)37-18-13-23-5-7-24(20-32)8-6-23/h5-12H,13-19H2,1-4H3,(H,35,36). The number of hydrogen-bond acceptors (Lipinski definition) is 5. The van der Waals surface area contributed by atoms with Crippen LogP contribution in [0.2, 0.25) is 0 Å². The van der Waals surface area contributed by atoms with Gasteiger partial charge in [-0.25, -0.2) is 0 Å². The molecule has 1 fully saturated rings. The quantitative estimate of drug-likeness (QED) is 0.404. The van der Waals surface area contributed by atoms with Crippen molar-refractivity contribution in [1.29, 1.82) is 5.26 Å². The largest absolute Gasteiger partial charge is 0.493 e. The Labute approximate surface area is 219 Å². The fourth-order valence-electron chi connectivity index (χ4n) is 5.01. The number of aromatic nitrogens is 1. The van der Waals surface area contributed by atoms with Crippen LogP contribution in [0.15, 0.2) is 48.5 Å². The van der Waals surface area contributed by atoms with E-state index >= 15 is 0 Å². The number of aliphatic carboxylic acids is 1. The highest BCUT2D eigenvalue weighted by Gasteiger charge is 2.30. The van der Waals surface area contributed by atoms with Crippen molar-refractivity contribution < 1.29 is 14.6 Å². The van der Waals surface area contributed by atoms with Crippen LogP contribution in [-0.2, 0) is 17.6 Å². The number of pyridine rings is 1. The highest BCUT2D eigenvalue weighted by atomic mass is 16.5. The summed E-state index contributed by atoms with van der Waals surface area (Å²) in [6.45, 7) is 10.8. The van der Waals surface area contributed by atoms with Gasteiger partial charge in [0.15, 0.2) is 0 Å². The molecule has 3 aromatic rings. The van der Waals surface area contributed by atoms with Crippen LogP contribution in [-0.4, -0.2) is 35.8 Å². The first-order valence-electron chi connectivity index (χ1n) is 12.9. The first-order chi connectivity index (χ1) is 17.7. The minimum Gasteiger partial charge on any atom is -0.493 e. The van der Waals surface area contributed by atoms with Crippen molar-refractivity contribution in [3.05, 3.63) is 76.6 Å². The summed E-state index contributed by atoms with van der Waals surface area (Å²) < 4.78 is 5.98. The van der Waals surface area contributed by atoms with Crippen LogP contribution in [0.1, 0.15) is 54.8 Å². The summed E-state index contributed by atoms with van der Waals surface area (Å²) in [7, 11) is 0. The van der Waals surface area contributed by atoms with E-state index in [0.717, 1.165) is 77.4 Å². The van der Waals surface area contributed by atoms with Gasteiger partial charge in [-0.15, -0.1) is 0 Å². The van der Waals surface area contributed by atoms with E-state index in [1.165, 1.54) is 0 Å². The van der Waals surface area contributed by atoms with Gasteiger partial charge in [0, 0.05) is 42.0 Å². The molecule has 37 heavy (non-hydrogen) atoms. The molecule has 192 valence electrons. The van der Waals surface area contributed by atoms with Gasteiger partial charge >= 0.3 is 5.97 Å². The molecule has 6 nitrogen and oxygen atoms in total. The molecule has 0 spiro atoms. The molecule has 0 saturated carbocycles. The zero-order chi connectivity index (χ0) is 26.6. The summed E-state index contributed by atoms with van der Waals surface area (Å²) >= 11 is 0. The summed E-state index contributed by atoms with van der Waals surface area (Å²) in [5, 5.41) is 18.6. The minimum absolute atomic E-state index is 0.0438. The van der Waals surface area contributed by atoms with Crippen LogP contribution >= 0.6 is 0 Å². The number of carboxylic acids is 1. The maximum Gasteiger partial charge on any atom is 0.307 e. The third-order valence-corrected chi connectivity index (χ3v) is 7.30. The van der Waals surface area contributed by atoms with E-state index in [1.807, 2.05) is 62.4 Å². The summed E-state index contributed by atoms with van der Waals surface area (Å²) in [4.78, 5) is 18.9. The predicted molar refractivity (Wildman–Crippen MR) is 146 cm³/mol. The summed E-state index contributed by atoms with van der Waals surface area (Å²) in [5.74, 6) is -0.0635. The maximum absolute atomic E-state index is 11.8. The Morgan fingerprint density at radius 3 is 2.30 bits per heavy atom. The lowest BCUT2D eigenvalue weighted by atomic mass is 9.82. The number of carboxylic acid groups (broad SMARTS) is 1. The van der Waals surface area contributed by atoms with Gasteiger partial charge in [-0.3, -0.25) is 9.78 Å². The van der Waals surface area contributed by atoms with Crippen LogP contribution in [0.3, 0.4) is 0 Å². The third-order valence-electron chi connectivity index (χ3n) is 7.30. The first kappa shape index (κ1) is 26.2. The highest BCUT2D eigenvalue weighted by Crippen LogP contribution is 2.41. The zero-order valence-corrected chi connectivity index (χ0v) is 22.2. The van der Waals surface area contributed by atoms with Crippen LogP contribution in [0.4, 0.5) is 5.69 Å². The van der Waals surface area contributed by atoms with Gasteiger partial charge in [-0.2, -0.15) is 5.26 Å². The average Bonchev–Trinajstić information content (AvgIpc) is 2.86. The van der Waals surface area contributed by atoms with Gasteiger partial charge in [0.1, 0.15) is 5.75 Å². The number of nitrogens with zero attached hydrogens (tertiary/aromatic N) is 3. The zero-order valence-electron chi connectivity index (χ0n) is 22.2. The molecule has 0 amide bonds. The molecule has 1 saturated heterocycles. The molecule has 0 aliphatic carbocycles. The second kappa shape index (κ2) is 11.0. The van der Waals surface area contributed by atoms with Gasteiger partial charge in [0.05, 0.1) is 30.3 Å².